The zero-order valence-corrected chi connectivity index (χ0v) is 12.8. The van der Waals surface area contributed by atoms with Crippen molar-refractivity contribution in [1.82, 2.24) is 14.8 Å². The predicted molar refractivity (Wildman–Crippen MR) is 82.1 cm³/mol. The van der Waals surface area contributed by atoms with E-state index in [1.807, 2.05) is 0 Å². The number of rotatable bonds is 6. The van der Waals surface area contributed by atoms with Crippen molar-refractivity contribution in [3.8, 4) is 6.07 Å². The van der Waals surface area contributed by atoms with Gasteiger partial charge in [0, 0.05) is 13.0 Å². The number of nitrogens with zero attached hydrogens (tertiary/aromatic N) is 4. The molecule has 2 N–H and O–H groups in total. The average molecular weight is 301 g/mol. The molecule has 0 spiro atoms. The van der Waals surface area contributed by atoms with Crippen molar-refractivity contribution >= 4 is 22.7 Å². The molecule has 0 saturated carbocycles. The highest BCUT2D eigenvalue weighted by Gasteiger charge is 2.20. The van der Waals surface area contributed by atoms with E-state index in [0.29, 0.717) is 40.9 Å². The van der Waals surface area contributed by atoms with E-state index in [4.69, 9.17) is 15.7 Å². The summed E-state index contributed by atoms with van der Waals surface area (Å²) in [6.07, 6.45) is 3.79. The lowest BCUT2D eigenvalue weighted by molar-refractivity contribution is 0.0526. The van der Waals surface area contributed by atoms with Crippen molar-refractivity contribution in [1.29, 1.82) is 5.26 Å². The van der Waals surface area contributed by atoms with E-state index in [1.54, 1.807) is 24.7 Å². The fourth-order valence-corrected chi connectivity index (χ4v) is 2.32. The number of carbonyl (C=O) groups is 1. The summed E-state index contributed by atoms with van der Waals surface area (Å²) in [6.45, 7) is 4.42. The van der Waals surface area contributed by atoms with E-state index >= 15 is 0 Å². The third-order valence-electron chi connectivity index (χ3n) is 3.39. The molecule has 0 fully saturated rings. The fourth-order valence-electron chi connectivity index (χ4n) is 2.32. The number of nitrogens with two attached hydrogens (primary N) is 1. The van der Waals surface area contributed by atoms with Crippen LogP contribution in [0.3, 0.4) is 0 Å². The van der Waals surface area contributed by atoms with Crippen LogP contribution in [0.25, 0.3) is 11.0 Å². The molecule has 2 aromatic heterocycles. The maximum Gasteiger partial charge on any atom is 0.342 e. The van der Waals surface area contributed by atoms with Gasteiger partial charge in [-0.2, -0.15) is 10.4 Å². The number of nitrogen functional groups attached to an aromatic ring is 1. The Balaban J connectivity index is 2.34. The Morgan fingerprint density at radius 1 is 1.50 bits per heavy atom. The third-order valence-corrected chi connectivity index (χ3v) is 3.39. The minimum atomic E-state index is -0.464. The Bertz CT molecular complexity index is 730. The zero-order valence-electron chi connectivity index (χ0n) is 12.8. The van der Waals surface area contributed by atoms with Crippen molar-refractivity contribution in [3.05, 3.63) is 17.5 Å². The number of aromatic nitrogens is 3. The quantitative estimate of drug-likeness (QED) is 0.647. The van der Waals surface area contributed by atoms with Gasteiger partial charge < -0.3 is 10.5 Å². The highest BCUT2D eigenvalue weighted by atomic mass is 16.5. The lowest BCUT2D eigenvalue weighted by atomic mass is 10.1. The Morgan fingerprint density at radius 3 is 2.95 bits per heavy atom. The molecule has 0 amide bonds. The van der Waals surface area contributed by atoms with Crippen LogP contribution in [0.1, 0.15) is 42.2 Å². The molecule has 2 aromatic rings. The van der Waals surface area contributed by atoms with E-state index in [0.717, 1.165) is 12.8 Å². The first-order valence-corrected chi connectivity index (χ1v) is 7.25. The molecule has 0 radical (unpaired) electrons. The summed E-state index contributed by atoms with van der Waals surface area (Å²) in [7, 11) is 0. The van der Waals surface area contributed by atoms with Gasteiger partial charge in [0.15, 0.2) is 5.65 Å². The fraction of sp³-hybridized carbons (Fsp3) is 0.467. The highest BCUT2D eigenvalue weighted by Crippen LogP contribution is 2.26. The van der Waals surface area contributed by atoms with Crippen LogP contribution in [0, 0.1) is 18.3 Å². The molecule has 7 nitrogen and oxygen atoms in total. The number of nitriles is 1. The van der Waals surface area contributed by atoms with Gasteiger partial charge in [0.1, 0.15) is 5.56 Å². The lowest BCUT2D eigenvalue weighted by Gasteiger charge is -2.10. The molecule has 0 unspecified atom stereocenters. The van der Waals surface area contributed by atoms with E-state index in [-0.39, 0.29) is 6.61 Å². The van der Waals surface area contributed by atoms with Crippen LogP contribution in [0.2, 0.25) is 0 Å². The number of hydrogen-bond acceptors (Lipinski definition) is 6. The summed E-state index contributed by atoms with van der Waals surface area (Å²) < 4.78 is 6.78. The van der Waals surface area contributed by atoms with Crippen molar-refractivity contribution < 1.29 is 9.53 Å². The van der Waals surface area contributed by atoms with Gasteiger partial charge in [-0.3, -0.25) is 0 Å². The molecule has 22 heavy (non-hydrogen) atoms. The lowest BCUT2D eigenvalue weighted by Crippen LogP contribution is -2.12. The standard InChI is InChI=1S/C15H19N5O2/c1-3-22-15(21)12-10(2)19-14-11(13(12)17)9-18-20(14)8-6-4-5-7-16/h9H,3-6,8H2,1-2H3,(H2,17,19). The van der Waals surface area contributed by atoms with Crippen LogP contribution in [0.15, 0.2) is 6.20 Å². The van der Waals surface area contributed by atoms with Crippen molar-refractivity contribution in [2.75, 3.05) is 12.3 Å². The number of ether oxygens (including phenoxy) is 1. The SMILES string of the molecule is CCOC(=O)c1c(C)nc2c(cnn2CCCCC#N)c1N. The van der Waals surface area contributed by atoms with E-state index in [9.17, 15) is 4.79 Å². The monoisotopic (exact) mass is 301 g/mol. The number of aryl methyl sites for hydroxylation is 2. The Hall–Kier alpha value is -2.62. The van der Waals surface area contributed by atoms with Crippen molar-refractivity contribution in [2.24, 2.45) is 0 Å². The van der Waals surface area contributed by atoms with Gasteiger partial charge in [0.25, 0.3) is 0 Å². The number of pyridine rings is 1. The molecule has 7 heteroatoms. The molecule has 0 aliphatic heterocycles. The molecule has 2 rings (SSSR count). The summed E-state index contributed by atoms with van der Waals surface area (Å²) in [5, 5.41) is 13.5. The summed E-state index contributed by atoms with van der Waals surface area (Å²) >= 11 is 0. The van der Waals surface area contributed by atoms with E-state index in [2.05, 4.69) is 16.2 Å². The molecular formula is C15H19N5O2. The number of fused-ring (bicyclic) bond motifs is 1. The normalized spacial score (nSPS) is 10.6. The average Bonchev–Trinajstić information content (AvgIpc) is 2.87. The van der Waals surface area contributed by atoms with Crippen LogP contribution in [0.4, 0.5) is 5.69 Å². The van der Waals surface area contributed by atoms with Gasteiger partial charge in [-0.05, 0) is 26.7 Å². The third kappa shape index (κ3) is 3.01. The minimum absolute atomic E-state index is 0.286. The maximum absolute atomic E-state index is 12.0. The molecule has 0 atom stereocenters. The van der Waals surface area contributed by atoms with Gasteiger partial charge in [0.2, 0.25) is 0 Å². The molecule has 0 saturated heterocycles. The second-order valence-corrected chi connectivity index (χ2v) is 4.93. The second kappa shape index (κ2) is 6.89. The molecular weight excluding hydrogens is 282 g/mol. The maximum atomic E-state index is 12.0. The summed E-state index contributed by atoms with van der Waals surface area (Å²) in [4.78, 5) is 16.4. The second-order valence-electron chi connectivity index (χ2n) is 4.93. The summed E-state index contributed by atoms with van der Waals surface area (Å²) in [5.41, 5.74) is 7.94. The largest absolute Gasteiger partial charge is 0.462 e. The van der Waals surface area contributed by atoms with E-state index < -0.39 is 5.97 Å². The highest BCUT2D eigenvalue weighted by molar-refractivity contribution is 6.04. The molecule has 2 heterocycles. The molecule has 0 bridgehead atoms. The first-order chi connectivity index (χ1) is 10.6. The van der Waals surface area contributed by atoms with Crippen LogP contribution >= 0.6 is 0 Å². The Labute approximate surface area is 128 Å². The molecule has 0 aliphatic carbocycles. The van der Waals surface area contributed by atoms with Crippen LogP contribution in [-0.2, 0) is 11.3 Å². The van der Waals surface area contributed by atoms with Gasteiger partial charge in [-0.15, -0.1) is 0 Å². The number of anilines is 1. The van der Waals surface area contributed by atoms with Gasteiger partial charge in [-0.25, -0.2) is 14.5 Å². The minimum Gasteiger partial charge on any atom is -0.462 e. The first-order valence-electron chi connectivity index (χ1n) is 7.25. The molecule has 116 valence electrons. The van der Waals surface area contributed by atoms with Crippen molar-refractivity contribution in [2.45, 2.75) is 39.7 Å². The number of hydrogen-bond donors (Lipinski definition) is 1. The number of unbranched alkanes of at least 4 members (excludes halogenated alkanes) is 2. The van der Waals surface area contributed by atoms with E-state index in [1.165, 1.54) is 0 Å². The number of esters is 1. The predicted octanol–water partition coefficient (Wildman–Crippen LogP) is 2.19. The van der Waals surface area contributed by atoms with Gasteiger partial charge >= 0.3 is 5.97 Å². The zero-order chi connectivity index (χ0) is 16.1. The summed E-state index contributed by atoms with van der Waals surface area (Å²) in [6, 6.07) is 2.12. The van der Waals surface area contributed by atoms with Crippen LogP contribution < -0.4 is 5.73 Å². The van der Waals surface area contributed by atoms with Crippen molar-refractivity contribution in [3.63, 3.8) is 0 Å². The first kappa shape index (κ1) is 15.8. The Kier molecular flexibility index (Phi) is 4.94. The summed E-state index contributed by atoms with van der Waals surface area (Å²) in [5.74, 6) is -0.464. The van der Waals surface area contributed by atoms with Crippen LogP contribution in [0.5, 0.6) is 0 Å². The number of carbonyl (C=O) groups excluding carboxylic acids is 1. The van der Waals surface area contributed by atoms with Crippen LogP contribution in [-0.4, -0.2) is 27.3 Å². The smallest absolute Gasteiger partial charge is 0.342 e. The molecule has 0 aliphatic rings. The topological polar surface area (TPSA) is 107 Å². The molecule has 0 aromatic carbocycles. The Morgan fingerprint density at radius 2 is 2.27 bits per heavy atom. The van der Waals surface area contributed by atoms with Gasteiger partial charge in [-0.1, -0.05) is 0 Å². The van der Waals surface area contributed by atoms with Gasteiger partial charge in [0.05, 0.1) is 35.6 Å².